The second-order valence-corrected chi connectivity index (χ2v) is 4.36. The van der Waals surface area contributed by atoms with Crippen LogP contribution < -0.4 is 5.73 Å². The maximum Gasteiger partial charge on any atom is 0.309 e. The highest BCUT2D eigenvalue weighted by molar-refractivity contribution is 5.72. The summed E-state index contributed by atoms with van der Waals surface area (Å²) in [6, 6.07) is 6.47. The second kappa shape index (κ2) is 4.66. The lowest BCUT2D eigenvalue weighted by Crippen LogP contribution is -2.27. The SMILES string of the molecule is COC(=O)Cc1ccc2c(c1)CC(N)CC2. The Hall–Kier alpha value is -1.35. The highest BCUT2D eigenvalue weighted by Gasteiger charge is 2.16. The number of carbonyl (C=O) groups excluding carboxylic acids is 1. The number of methoxy groups -OCH3 is 1. The normalized spacial score (nSPS) is 19.0. The molecule has 3 nitrogen and oxygen atoms in total. The van der Waals surface area contributed by atoms with Crippen LogP contribution in [0.5, 0.6) is 0 Å². The number of fused-ring (bicyclic) bond motifs is 1. The number of benzene rings is 1. The summed E-state index contributed by atoms with van der Waals surface area (Å²) in [5.41, 5.74) is 9.61. The predicted octanol–water partition coefficient (Wildman–Crippen LogP) is 1.22. The Bertz CT molecular complexity index is 401. The third-order valence-corrected chi connectivity index (χ3v) is 3.11. The first-order valence-electron chi connectivity index (χ1n) is 5.62. The van der Waals surface area contributed by atoms with Crippen molar-refractivity contribution in [3.63, 3.8) is 0 Å². The molecule has 1 atom stereocenters. The molecular weight excluding hydrogens is 202 g/mol. The molecular formula is C13H17NO2. The second-order valence-electron chi connectivity index (χ2n) is 4.36. The van der Waals surface area contributed by atoms with Crippen molar-refractivity contribution in [1.82, 2.24) is 0 Å². The van der Waals surface area contributed by atoms with Gasteiger partial charge in [-0.2, -0.15) is 0 Å². The molecule has 0 saturated heterocycles. The van der Waals surface area contributed by atoms with Gasteiger partial charge in [0.25, 0.3) is 0 Å². The van der Waals surface area contributed by atoms with Crippen LogP contribution in [0.25, 0.3) is 0 Å². The van der Waals surface area contributed by atoms with Crippen LogP contribution in [0.2, 0.25) is 0 Å². The highest BCUT2D eigenvalue weighted by atomic mass is 16.5. The fourth-order valence-electron chi connectivity index (χ4n) is 2.19. The van der Waals surface area contributed by atoms with E-state index in [-0.39, 0.29) is 12.0 Å². The largest absolute Gasteiger partial charge is 0.469 e. The van der Waals surface area contributed by atoms with Gasteiger partial charge in [0.05, 0.1) is 13.5 Å². The van der Waals surface area contributed by atoms with E-state index in [9.17, 15) is 4.79 Å². The third kappa shape index (κ3) is 2.42. The molecule has 16 heavy (non-hydrogen) atoms. The summed E-state index contributed by atoms with van der Waals surface area (Å²) < 4.78 is 4.66. The maximum absolute atomic E-state index is 11.2. The minimum atomic E-state index is -0.194. The summed E-state index contributed by atoms with van der Waals surface area (Å²) in [7, 11) is 1.41. The summed E-state index contributed by atoms with van der Waals surface area (Å²) in [4.78, 5) is 11.2. The molecule has 1 aliphatic rings. The number of esters is 1. The molecule has 1 aliphatic carbocycles. The highest BCUT2D eigenvalue weighted by Crippen LogP contribution is 2.22. The van der Waals surface area contributed by atoms with Crippen LogP contribution in [0.3, 0.4) is 0 Å². The van der Waals surface area contributed by atoms with Crippen molar-refractivity contribution >= 4 is 5.97 Å². The van der Waals surface area contributed by atoms with Crippen LogP contribution >= 0.6 is 0 Å². The number of hydrogen-bond donors (Lipinski definition) is 1. The summed E-state index contributed by atoms with van der Waals surface area (Å²) in [6.07, 6.45) is 3.38. The molecule has 0 radical (unpaired) electrons. The topological polar surface area (TPSA) is 52.3 Å². The van der Waals surface area contributed by atoms with Crippen LogP contribution in [0.15, 0.2) is 18.2 Å². The zero-order valence-corrected chi connectivity index (χ0v) is 9.53. The number of rotatable bonds is 2. The molecule has 2 N–H and O–H groups in total. The zero-order chi connectivity index (χ0) is 11.5. The van der Waals surface area contributed by atoms with Gasteiger partial charge in [-0.3, -0.25) is 4.79 Å². The summed E-state index contributed by atoms with van der Waals surface area (Å²) in [5, 5.41) is 0. The van der Waals surface area contributed by atoms with Gasteiger partial charge >= 0.3 is 5.97 Å². The molecule has 0 saturated carbocycles. The van der Waals surface area contributed by atoms with Crippen molar-refractivity contribution in [2.24, 2.45) is 5.73 Å². The fraction of sp³-hybridized carbons (Fsp3) is 0.462. The van der Waals surface area contributed by atoms with E-state index in [0.29, 0.717) is 6.42 Å². The van der Waals surface area contributed by atoms with E-state index in [0.717, 1.165) is 24.8 Å². The molecule has 0 aliphatic heterocycles. The Kier molecular flexibility index (Phi) is 3.25. The van der Waals surface area contributed by atoms with Crippen molar-refractivity contribution in [2.75, 3.05) is 7.11 Å². The van der Waals surface area contributed by atoms with Gasteiger partial charge in [0.15, 0.2) is 0 Å². The van der Waals surface area contributed by atoms with E-state index >= 15 is 0 Å². The Labute approximate surface area is 95.6 Å². The summed E-state index contributed by atoms with van der Waals surface area (Å²) in [5.74, 6) is -0.194. The first kappa shape index (κ1) is 11.1. The van der Waals surface area contributed by atoms with Crippen LogP contribution in [-0.4, -0.2) is 19.1 Å². The molecule has 0 spiro atoms. The van der Waals surface area contributed by atoms with E-state index in [1.165, 1.54) is 18.2 Å². The molecule has 0 heterocycles. The molecule has 1 aromatic rings. The average molecular weight is 219 g/mol. The Balaban J connectivity index is 2.18. The van der Waals surface area contributed by atoms with Gasteiger partial charge in [0.2, 0.25) is 0 Å². The van der Waals surface area contributed by atoms with E-state index in [2.05, 4.69) is 16.9 Å². The number of aryl methyl sites for hydroxylation is 1. The smallest absolute Gasteiger partial charge is 0.309 e. The van der Waals surface area contributed by atoms with Gasteiger partial charge in [-0.05, 0) is 36.0 Å². The van der Waals surface area contributed by atoms with Gasteiger partial charge in [0, 0.05) is 6.04 Å². The van der Waals surface area contributed by atoms with E-state index in [1.807, 2.05) is 6.07 Å². The minimum Gasteiger partial charge on any atom is -0.469 e. The average Bonchev–Trinajstić information content (AvgIpc) is 2.28. The summed E-state index contributed by atoms with van der Waals surface area (Å²) in [6.45, 7) is 0. The molecule has 1 aromatic carbocycles. The molecule has 86 valence electrons. The van der Waals surface area contributed by atoms with Crippen molar-refractivity contribution < 1.29 is 9.53 Å². The number of carbonyl (C=O) groups is 1. The van der Waals surface area contributed by atoms with Gasteiger partial charge in [-0.25, -0.2) is 0 Å². The number of ether oxygens (including phenoxy) is 1. The fourth-order valence-corrected chi connectivity index (χ4v) is 2.19. The minimum absolute atomic E-state index is 0.194. The lowest BCUT2D eigenvalue weighted by Gasteiger charge is -2.21. The van der Waals surface area contributed by atoms with Crippen LogP contribution in [-0.2, 0) is 28.8 Å². The van der Waals surface area contributed by atoms with Crippen molar-refractivity contribution in [3.05, 3.63) is 34.9 Å². The standard InChI is InChI=1S/C13H17NO2/c1-16-13(15)7-9-2-3-10-4-5-12(14)8-11(10)6-9/h2-3,6,12H,4-5,7-8,14H2,1H3. The van der Waals surface area contributed by atoms with Crippen LogP contribution in [0.4, 0.5) is 0 Å². The quantitative estimate of drug-likeness (QED) is 0.761. The Morgan fingerprint density at radius 2 is 2.31 bits per heavy atom. The maximum atomic E-state index is 11.2. The van der Waals surface area contributed by atoms with Crippen LogP contribution in [0, 0.1) is 0 Å². The molecule has 2 rings (SSSR count). The first-order valence-corrected chi connectivity index (χ1v) is 5.62. The summed E-state index contributed by atoms with van der Waals surface area (Å²) >= 11 is 0. The zero-order valence-electron chi connectivity index (χ0n) is 9.53. The molecule has 0 amide bonds. The van der Waals surface area contributed by atoms with E-state index < -0.39 is 0 Å². The molecule has 0 fully saturated rings. The Morgan fingerprint density at radius 1 is 1.50 bits per heavy atom. The van der Waals surface area contributed by atoms with Crippen LogP contribution in [0.1, 0.15) is 23.1 Å². The monoisotopic (exact) mass is 219 g/mol. The van der Waals surface area contributed by atoms with Gasteiger partial charge in [-0.15, -0.1) is 0 Å². The van der Waals surface area contributed by atoms with Gasteiger partial charge < -0.3 is 10.5 Å². The Morgan fingerprint density at radius 3 is 3.06 bits per heavy atom. The van der Waals surface area contributed by atoms with Gasteiger partial charge in [0.1, 0.15) is 0 Å². The van der Waals surface area contributed by atoms with E-state index in [4.69, 9.17) is 5.73 Å². The molecule has 0 aromatic heterocycles. The van der Waals surface area contributed by atoms with Crippen molar-refractivity contribution in [2.45, 2.75) is 31.7 Å². The molecule has 0 bridgehead atoms. The number of nitrogens with two attached hydrogens (primary N) is 1. The van der Waals surface area contributed by atoms with Gasteiger partial charge in [-0.1, -0.05) is 18.2 Å². The molecule has 1 unspecified atom stereocenters. The first-order chi connectivity index (χ1) is 7.69. The van der Waals surface area contributed by atoms with Crippen molar-refractivity contribution in [3.8, 4) is 0 Å². The van der Waals surface area contributed by atoms with Crippen molar-refractivity contribution in [1.29, 1.82) is 0 Å². The third-order valence-electron chi connectivity index (χ3n) is 3.11. The lowest BCUT2D eigenvalue weighted by atomic mass is 9.87. The van der Waals surface area contributed by atoms with E-state index in [1.54, 1.807) is 0 Å². The predicted molar refractivity (Wildman–Crippen MR) is 62.2 cm³/mol. The number of hydrogen-bond acceptors (Lipinski definition) is 3. The lowest BCUT2D eigenvalue weighted by molar-refractivity contribution is -0.139. The molecule has 3 heteroatoms.